The summed E-state index contributed by atoms with van der Waals surface area (Å²) in [5.41, 5.74) is 7.57. The van der Waals surface area contributed by atoms with Gasteiger partial charge in [0, 0.05) is 46.6 Å². The number of hydrogen-bond donors (Lipinski definition) is 3. The number of ether oxygens (including phenoxy) is 1. The van der Waals surface area contributed by atoms with Crippen molar-refractivity contribution in [3.63, 3.8) is 0 Å². The zero-order valence-corrected chi connectivity index (χ0v) is 38.4. The highest BCUT2D eigenvalue weighted by molar-refractivity contribution is 7.15. The number of thiophene rings is 1. The molecule has 0 spiro atoms. The Kier molecular flexibility index (Phi) is 12.4. The Bertz CT molecular complexity index is 2800. The Labute approximate surface area is 381 Å². The lowest BCUT2D eigenvalue weighted by Gasteiger charge is -2.35. The monoisotopic (exact) mass is 896 g/mol. The van der Waals surface area contributed by atoms with E-state index in [9.17, 15) is 24.3 Å². The third-order valence-electron chi connectivity index (χ3n) is 12.1. The predicted octanol–water partition coefficient (Wildman–Crippen LogP) is 6.76. The molecule has 1 saturated heterocycles. The van der Waals surface area contributed by atoms with Gasteiger partial charge in [-0.2, -0.15) is 0 Å². The van der Waals surface area contributed by atoms with E-state index < -0.39 is 47.4 Å². The van der Waals surface area contributed by atoms with Crippen LogP contribution in [0.2, 0.25) is 0 Å². The van der Waals surface area contributed by atoms with Crippen LogP contribution in [0.4, 0.5) is 0 Å². The van der Waals surface area contributed by atoms with Crippen LogP contribution in [0.3, 0.4) is 0 Å². The van der Waals surface area contributed by atoms with Crippen molar-refractivity contribution >= 4 is 40.7 Å². The third-order valence-corrected chi connectivity index (χ3v) is 13.3. The zero-order valence-electron chi connectivity index (χ0n) is 37.6. The molecular weight excluding hydrogens is 845 g/mol. The highest BCUT2D eigenvalue weighted by atomic mass is 32.1. The summed E-state index contributed by atoms with van der Waals surface area (Å²) < 4.78 is 12.5. The number of nitrogens with one attached hydrogen (secondary N) is 2. The quantitative estimate of drug-likeness (QED) is 0.117. The van der Waals surface area contributed by atoms with Crippen LogP contribution in [0.25, 0.3) is 27.5 Å². The van der Waals surface area contributed by atoms with Crippen LogP contribution in [0.5, 0.6) is 0 Å². The summed E-state index contributed by atoms with van der Waals surface area (Å²) in [6, 6.07) is 20.2. The summed E-state index contributed by atoms with van der Waals surface area (Å²) in [6.07, 6.45) is 0.594. The van der Waals surface area contributed by atoms with Crippen molar-refractivity contribution in [3.05, 3.63) is 129 Å². The van der Waals surface area contributed by atoms with Gasteiger partial charge in [0.2, 0.25) is 11.8 Å². The van der Waals surface area contributed by atoms with Crippen LogP contribution in [-0.2, 0) is 25.7 Å². The molecule has 8 rings (SSSR count). The molecule has 0 saturated carbocycles. The number of aliphatic imine (C=N–C) groups is 1. The lowest BCUT2D eigenvalue weighted by Crippen LogP contribution is -2.57. The Morgan fingerprint density at radius 3 is 2.18 bits per heavy atom. The number of oxazole rings is 1. The van der Waals surface area contributed by atoms with Crippen LogP contribution >= 0.6 is 11.3 Å². The molecule has 0 radical (unpaired) electrons. The molecule has 65 heavy (non-hydrogen) atoms. The number of rotatable bonds is 11. The number of nitrogens with zero attached hydrogens (tertiary/aromatic N) is 6. The zero-order chi connectivity index (χ0) is 46.3. The minimum absolute atomic E-state index is 0.0100. The number of esters is 1. The number of likely N-dealkylation sites (tertiary alicyclic amines) is 1. The number of hydrogen-bond acceptors (Lipinski definition) is 12. The van der Waals surface area contributed by atoms with Gasteiger partial charge >= 0.3 is 5.97 Å². The summed E-state index contributed by atoms with van der Waals surface area (Å²) in [5, 5.41) is 26.3. The highest BCUT2D eigenvalue weighted by Crippen LogP contribution is 2.40. The summed E-state index contributed by atoms with van der Waals surface area (Å²) in [5.74, 6) is 0.289. The topological polar surface area (TPSA) is 194 Å². The van der Waals surface area contributed by atoms with Crippen molar-refractivity contribution < 1.29 is 33.4 Å². The first kappa shape index (κ1) is 44.8. The minimum Gasteiger partial charge on any atom is -0.469 e. The molecule has 6 aromatic rings. The van der Waals surface area contributed by atoms with Gasteiger partial charge in [-0.1, -0.05) is 81.4 Å². The number of aliphatic hydroxyl groups excluding tert-OH is 1. The number of benzene rings is 3. The second-order valence-electron chi connectivity index (χ2n) is 17.7. The summed E-state index contributed by atoms with van der Waals surface area (Å²) in [7, 11) is 1.36. The van der Waals surface area contributed by atoms with Crippen molar-refractivity contribution in [1.82, 2.24) is 35.3 Å². The highest BCUT2D eigenvalue weighted by Gasteiger charge is 2.44. The number of aryl methyl sites for hydroxylation is 3. The molecule has 1 fully saturated rings. The number of carbonyl (C=O) groups is 4. The van der Waals surface area contributed by atoms with E-state index in [0.29, 0.717) is 23.0 Å². The minimum atomic E-state index is -0.996. The number of amides is 3. The van der Waals surface area contributed by atoms with E-state index in [1.165, 1.54) is 18.4 Å². The lowest BCUT2D eigenvalue weighted by molar-refractivity contribution is -0.142. The third kappa shape index (κ3) is 9.00. The Morgan fingerprint density at radius 2 is 1.55 bits per heavy atom. The van der Waals surface area contributed by atoms with E-state index in [1.807, 2.05) is 99.8 Å². The van der Waals surface area contributed by atoms with Crippen molar-refractivity contribution in [2.45, 2.75) is 92.1 Å². The Hall–Kier alpha value is -6.78. The SMILES string of the molecule is COC(=O)C[C@@H]1N=C(c2ccc(-c3ccc(C(=O)N[C@H](C(=O)N4C[C@H](O)C[C@H]4C(=O)NCc4ccc(-c5ocnc5C)cc4)C(C)(C)C)cc3)cc2)c2c(sc(C)c2C)-n2c(C)nnc21. The van der Waals surface area contributed by atoms with Gasteiger partial charge in [-0.15, -0.1) is 21.5 Å². The molecule has 0 aliphatic carbocycles. The molecule has 15 nitrogen and oxygen atoms in total. The predicted molar refractivity (Wildman–Crippen MR) is 246 cm³/mol. The van der Waals surface area contributed by atoms with Gasteiger partial charge in [-0.05, 0) is 67.5 Å². The molecule has 3 N–H and O–H groups in total. The first-order valence-electron chi connectivity index (χ1n) is 21.5. The molecule has 0 unspecified atom stereocenters. The van der Waals surface area contributed by atoms with E-state index in [-0.39, 0.29) is 31.8 Å². The molecular formula is C49H52N8O7S. The Balaban J connectivity index is 0.957. The van der Waals surface area contributed by atoms with E-state index >= 15 is 0 Å². The van der Waals surface area contributed by atoms with E-state index in [0.717, 1.165) is 60.2 Å². The van der Waals surface area contributed by atoms with Gasteiger partial charge in [0.15, 0.2) is 18.0 Å². The number of methoxy groups -OCH3 is 1. The molecule has 4 atom stereocenters. The average molecular weight is 897 g/mol. The van der Waals surface area contributed by atoms with Gasteiger partial charge in [0.05, 0.1) is 31.0 Å². The molecule has 0 bridgehead atoms. The first-order valence-corrected chi connectivity index (χ1v) is 22.3. The van der Waals surface area contributed by atoms with Crippen LogP contribution < -0.4 is 10.6 Å². The van der Waals surface area contributed by atoms with Crippen LogP contribution in [0.1, 0.15) is 94.5 Å². The number of aliphatic hydroxyl groups is 1. The largest absolute Gasteiger partial charge is 0.469 e. The number of fused-ring (bicyclic) bond motifs is 3. The van der Waals surface area contributed by atoms with Crippen molar-refractivity contribution in [1.29, 1.82) is 0 Å². The standard InChI is InChI=1S/C49H52N8O7S/c1-26-28(3)65-48-40(26)41(52-37(22-39(59)63-8)44-55-54-29(4)57(44)48)33-17-13-31(14-18-33)32-15-19-35(20-16-32)45(60)53-43(49(5,6)7)47(62)56-24-36(58)21-38(56)46(61)50-23-30-9-11-34(12-10-30)42-27(2)51-25-64-42/h9-20,25,36-38,43,58H,21-24H2,1-8H3,(H,50,61)(H,53,60)/t36-,37+,38+,43-/m1/s1. The second kappa shape index (κ2) is 18.0. The fourth-order valence-corrected chi connectivity index (χ4v) is 9.61. The molecule has 16 heteroatoms. The smallest absolute Gasteiger partial charge is 0.308 e. The summed E-state index contributed by atoms with van der Waals surface area (Å²) in [4.78, 5) is 66.0. The molecule has 3 aromatic carbocycles. The lowest BCUT2D eigenvalue weighted by atomic mass is 9.85. The summed E-state index contributed by atoms with van der Waals surface area (Å²) >= 11 is 1.64. The molecule has 3 amide bonds. The van der Waals surface area contributed by atoms with Crippen LogP contribution in [0, 0.1) is 33.1 Å². The van der Waals surface area contributed by atoms with Gasteiger partial charge in [-0.25, -0.2) is 4.98 Å². The Morgan fingerprint density at radius 1 is 0.908 bits per heavy atom. The van der Waals surface area contributed by atoms with Crippen molar-refractivity contribution in [2.24, 2.45) is 10.4 Å². The van der Waals surface area contributed by atoms with E-state index in [2.05, 4.69) is 39.7 Å². The van der Waals surface area contributed by atoms with Crippen molar-refractivity contribution in [2.75, 3.05) is 13.7 Å². The van der Waals surface area contributed by atoms with Crippen molar-refractivity contribution in [3.8, 4) is 27.5 Å². The van der Waals surface area contributed by atoms with Gasteiger partial charge in [0.25, 0.3) is 5.91 Å². The van der Waals surface area contributed by atoms with Gasteiger partial charge < -0.3 is 29.8 Å². The maximum absolute atomic E-state index is 14.3. The van der Waals surface area contributed by atoms with Crippen LogP contribution in [-0.4, -0.2) is 91.0 Å². The van der Waals surface area contributed by atoms with Crippen LogP contribution in [0.15, 0.2) is 88.6 Å². The number of carbonyl (C=O) groups excluding carboxylic acids is 4. The maximum atomic E-state index is 14.3. The fraction of sp³-hybridized carbons (Fsp3) is 0.347. The number of β-amino-alcohol motifs (C(OH)–C–C–N with tert-alkyl or cyclic N) is 1. The van der Waals surface area contributed by atoms with E-state index in [4.69, 9.17) is 14.1 Å². The van der Waals surface area contributed by atoms with E-state index in [1.54, 1.807) is 23.5 Å². The molecule has 3 aromatic heterocycles. The first-order chi connectivity index (χ1) is 31.0. The molecule has 2 aliphatic rings. The summed E-state index contributed by atoms with van der Waals surface area (Å²) in [6.45, 7) is 13.6. The van der Waals surface area contributed by atoms with Gasteiger partial charge in [-0.3, -0.25) is 28.7 Å². The number of aromatic nitrogens is 4. The molecule has 2 aliphatic heterocycles. The second-order valence-corrected chi connectivity index (χ2v) is 18.9. The molecule has 336 valence electrons. The fourth-order valence-electron chi connectivity index (χ4n) is 8.40. The molecule has 5 heterocycles. The average Bonchev–Trinajstić information content (AvgIpc) is 4.06. The van der Waals surface area contributed by atoms with Gasteiger partial charge in [0.1, 0.15) is 29.0 Å². The maximum Gasteiger partial charge on any atom is 0.308 e. The normalized spacial score (nSPS) is 17.4.